The minimum absolute atomic E-state index is 0.330. The third-order valence-electron chi connectivity index (χ3n) is 3.26. The predicted octanol–water partition coefficient (Wildman–Crippen LogP) is -0.771. The highest BCUT2D eigenvalue weighted by molar-refractivity contribution is 6.00. The van der Waals surface area contributed by atoms with Gasteiger partial charge in [-0.05, 0) is 6.92 Å². The number of ether oxygens (including phenoxy) is 1. The van der Waals surface area contributed by atoms with E-state index in [2.05, 4.69) is 11.6 Å². The van der Waals surface area contributed by atoms with E-state index < -0.39 is 24.5 Å². The van der Waals surface area contributed by atoms with Crippen LogP contribution in [0.15, 0.2) is 29.4 Å². The van der Waals surface area contributed by atoms with Crippen molar-refractivity contribution in [2.24, 2.45) is 4.99 Å². The van der Waals surface area contributed by atoms with Gasteiger partial charge in [-0.25, -0.2) is 0 Å². The fourth-order valence-corrected chi connectivity index (χ4v) is 2.10. The molecule has 1 fully saturated rings. The van der Waals surface area contributed by atoms with E-state index in [9.17, 15) is 10.2 Å². The van der Waals surface area contributed by atoms with Gasteiger partial charge in [0.05, 0.1) is 6.61 Å². The number of nitrogens with zero attached hydrogens (tertiary/aromatic N) is 2. The number of hydrogen-bond acceptors (Lipinski definition) is 6. The first-order chi connectivity index (χ1) is 8.58. The molecule has 2 aliphatic heterocycles. The molecule has 0 aromatic rings. The maximum atomic E-state index is 9.90. The average Bonchev–Trinajstić information content (AvgIpc) is 2.67. The van der Waals surface area contributed by atoms with Crippen LogP contribution in [0.5, 0.6) is 0 Å². The molecule has 0 radical (unpaired) electrons. The number of rotatable bonds is 3. The largest absolute Gasteiger partial charge is 0.394 e. The highest BCUT2D eigenvalue weighted by atomic mass is 16.6. The van der Waals surface area contributed by atoms with E-state index in [1.165, 1.54) is 0 Å². The lowest BCUT2D eigenvalue weighted by Crippen LogP contribution is -2.43. The van der Waals surface area contributed by atoms with Gasteiger partial charge in [-0.15, -0.1) is 0 Å². The first kappa shape index (κ1) is 13.2. The van der Waals surface area contributed by atoms with E-state index in [0.717, 1.165) is 11.3 Å². The van der Waals surface area contributed by atoms with Gasteiger partial charge in [0.2, 0.25) is 0 Å². The number of aliphatic imine (C=N–C) groups is 1. The summed E-state index contributed by atoms with van der Waals surface area (Å²) in [4.78, 5) is 5.97. The topological polar surface area (TPSA) is 85.5 Å². The minimum atomic E-state index is -1.09. The molecule has 18 heavy (non-hydrogen) atoms. The quantitative estimate of drug-likeness (QED) is 0.616. The molecule has 1 saturated heterocycles. The number of aliphatic hydroxyl groups excluding tert-OH is 3. The van der Waals surface area contributed by atoms with Crippen LogP contribution in [0.2, 0.25) is 0 Å². The lowest BCUT2D eigenvalue weighted by molar-refractivity contribution is -0.0792. The Balaban J connectivity index is 2.14. The van der Waals surface area contributed by atoms with E-state index in [0.29, 0.717) is 6.67 Å². The van der Waals surface area contributed by atoms with Gasteiger partial charge in [0.1, 0.15) is 25.0 Å². The molecule has 100 valence electrons. The molecule has 6 heteroatoms. The summed E-state index contributed by atoms with van der Waals surface area (Å²) in [5.74, 6) is 0. The van der Waals surface area contributed by atoms with Gasteiger partial charge >= 0.3 is 0 Å². The van der Waals surface area contributed by atoms with Crippen LogP contribution in [0, 0.1) is 0 Å². The Hall–Kier alpha value is -1.21. The van der Waals surface area contributed by atoms with Crippen molar-refractivity contribution in [2.75, 3.05) is 13.3 Å². The zero-order valence-corrected chi connectivity index (χ0v) is 10.2. The predicted molar refractivity (Wildman–Crippen MR) is 65.9 cm³/mol. The molecule has 2 rings (SSSR count). The summed E-state index contributed by atoms with van der Waals surface area (Å²) in [5, 5.41) is 28.6. The molecule has 0 spiro atoms. The van der Waals surface area contributed by atoms with E-state index in [4.69, 9.17) is 9.84 Å². The zero-order valence-electron chi connectivity index (χ0n) is 10.2. The first-order valence-electron chi connectivity index (χ1n) is 5.82. The van der Waals surface area contributed by atoms with Gasteiger partial charge in [-0.1, -0.05) is 12.7 Å². The number of hydrogen-bond donors (Lipinski definition) is 3. The Bertz CT molecular complexity index is 394. The molecule has 0 aliphatic carbocycles. The van der Waals surface area contributed by atoms with Crippen LogP contribution in [0.25, 0.3) is 0 Å². The zero-order chi connectivity index (χ0) is 13.3. The van der Waals surface area contributed by atoms with Crippen molar-refractivity contribution >= 4 is 5.71 Å². The molecule has 2 heterocycles. The Morgan fingerprint density at radius 2 is 2.28 bits per heavy atom. The van der Waals surface area contributed by atoms with Gasteiger partial charge in [0, 0.05) is 17.5 Å². The van der Waals surface area contributed by atoms with E-state index in [-0.39, 0.29) is 6.61 Å². The molecule has 0 amide bonds. The maximum absolute atomic E-state index is 9.90. The van der Waals surface area contributed by atoms with Crippen molar-refractivity contribution in [3.8, 4) is 0 Å². The van der Waals surface area contributed by atoms with Gasteiger partial charge in [-0.2, -0.15) is 0 Å². The van der Waals surface area contributed by atoms with E-state index in [1.54, 1.807) is 17.2 Å². The molecular formula is C12H18N2O4. The molecule has 0 saturated carbocycles. The summed E-state index contributed by atoms with van der Waals surface area (Å²) in [6.45, 7) is 5.58. The molecule has 2 aliphatic rings. The Labute approximate surface area is 106 Å². The highest BCUT2D eigenvalue weighted by Crippen LogP contribution is 2.26. The summed E-state index contributed by atoms with van der Waals surface area (Å²) in [6.07, 6.45) is -0.172. The van der Waals surface area contributed by atoms with Gasteiger partial charge in [0.25, 0.3) is 0 Å². The van der Waals surface area contributed by atoms with Crippen LogP contribution >= 0.6 is 0 Å². The summed E-state index contributed by atoms with van der Waals surface area (Å²) in [7, 11) is 0. The standard InChI is InChI=1S/C12H18N2O4/c1-3-8-4-14(6-13-7(8)2)12-11(17)10(16)9(5-15)18-12/h3-4,9-12,15-17H,1,5-6H2,2H3. The second-order valence-corrected chi connectivity index (χ2v) is 4.42. The second-order valence-electron chi connectivity index (χ2n) is 4.42. The van der Waals surface area contributed by atoms with Gasteiger partial charge in [-0.3, -0.25) is 4.99 Å². The summed E-state index contributed by atoms with van der Waals surface area (Å²) < 4.78 is 5.43. The highest BCUT2D eigenvalue weighted by Gasteiger charge is 2.44. The van der Waals surface area contributed by atoms with Crippen molar-refractivity contribution in [2.45, 2.75) is 31.5 Å². The van der Waals surface area contributed by atoms with Crippen molar-refractivity contribution < 1.29 is 20.1 Å². The number of aliphatic hydroxyl groups is 3. The van der Waals surface area contributed by atoms with Crippen LogP contribution in [-0.2, 0) is 4.74 Å². The lowest BCUT2D eigenvalue weighted by atomic mass is 10.1. The molecule has 3 N–H and O–H groups in total. The molecule has 0 aromatic heterocycles. The normalized spacial score (nSPS) is 36.3. The third-order valence-corrected chi connectivity index (χ3v) is 3.26. The Kier molecular flexibility index (Phi) is 3.82. The van der Waals surface area contributed by atoms with Crippen molar-refractivity contribution in [3.05, 3.63) is 24.4 Å². The Morgan fingerprint density at radius 1 is 1.56 bits per heavy atom. The molecule has 6 nitrogen and oxygen atoms in total. The molecular weight excluding hydrogens is 236 g/mol. The maximum Gasteiger partial charge on any atom is 0.160 e. The average molecular weight is 254 g/mol. The third kappa shape index (κ3) is 2.20. The van der Waals surface area contributed by atoms with Crippen LogP contribution in [-0.4, -0.2) is 63.7 Å². The van der Waals surface area contributed by atoms with Crippen LogP contribution in [0.1, 0.15) is 6.92 Å². The molecule has 4 unspecified atom stereocenters. The summed E-state index contributed by atoms with van der Waals surface area (Å²) >= 11 is 0. The SMILES string of the molecule is C=CC1=CN(C2OC(CO)C(O)C2O)CN=C1C. The van der Waals surface area contributed by atoms with Crippen molar-refractivity contribution in [1.29, 1.82) is 0 Å². The van der Waals surface area contributed by atoms with Crippen molar-refractivity contribution in [1.82, 2.24) is 4.90 Å². The molecule has 0 aromatic carbocycles. The number of allylic oxidation sites excluding steroid dienone is 2. The van der Waals surface area contributed by atoms with E-state index >= 15 is 0 Å². The summed E-state index contributed by atoms with van der Waals surface area (Å²) in [5.41, 5.74) is 1.71. The fourth-order valence-electron chi connectivity index (χ4n) is 2.10. The monoisotopic (exact) mass is 254 g/mol. The lowest BCUT2D eigenvalue weighted by Gasteiger charge is -2.30. The van der Waals surface area contributed by atoms with Gasteiger partial charge < -0.3 is 25.0 Å². The fraction of sp³-hybridized carbons (Fsp3) is 0.583. The smallest absolute Gasteiger partial charge is 0.160 e. The summed E-state index contributed by atoms with van der Waals surface area (Å²) in [6, 6.07) is 0. The van der Waals surface area contributed by atoms with Gasteiger partial charge in [0.15, 0.2) is 6.23 Å². The van der Waals surface area contributed by atoms with Crippen molar-refractivity contribution in [3.63, 3.8) is 0 Å². The van der Waals surface area contributed by atoms with E-state index in [1.807, 2.05) is 6.92 Å². The second kappa shape index (κ2) is 5.19. The molecule has 0 bridgehead atoms. The molecule has 4 atom stereocenters. The minimum Gasteiger partial charge on any atom is -0.394 e. The first-order valence-corrected chi connectivity index (χ1v) is 5.82. The van der Waals surface area contributed by atoms with Crippen LogP contribution in [0.4, 0.5) is 0 Å². The van der Waals surface area contributed by atoms with Crippen LogP contribution in [0.3, 0.4) is 0 Å². The Morgan fingerprint density at radius 3 is 2.83 bits per heavy atom. The van der Waals surface area contributed by atoms with Crippen LogP contribution < -0.4 is 0 Å².